The van der Waals surface area contributed by atoms with E-state index in [1.807, 2.05) is 20.8 Å². The summed E-state index contributed by atoms with van der Waals surface area (Å²) < 4.78 is 4.58. The second-order valence-corrected chi connectivity index (χ2v) is 3.59. The molecule has 0 radical (unpaired) electrons. The van der Waals surface area contributed by atoms with Gasteiger partial charge in [0.25, 0.3) is 0 Å². The molecule has 1 N–H and O–H groups in total. The van der Waals surface area contributed by atoms with Gasteiger partial charge in [-0.05, 0) is 25.3 Å². The van der Waals surface area contributed by atoms with Crippen LogP contribution in [-0.4, -0.2) is 24.4 Å². The SMILES string of the molecule is C=C(C)/C(=C(O)\N=C/C)[C@H](C)CC(=O)OC.CC. The zero-order valence-corrected chi connectivity index (χ0v) is 12.3. The lowest BCUT2D eigenvalue weighted by Gasteiger charge is -2.15. The fourth-order valence-electron chi connectivity index (χ4n) is 1.46. The van der Waals surface area contributed by atoms with Crippen molar-refractivity contribution in [1.29, 1.82) is 0 Å². The number of carbonyl (C=O) groups excluding carboxylic acids is 1. The summed E-state index contributed by atoms with van der Waals surface area (Å²) in [5.74, 6) is -0.584. The van der Waals surface area contributed by atoms with Crippen molar-refractivity contribution < 1.29 is 14.6 Å². The van der Waals surface area contributed by atoms with Crippen molar-refractivity contribution in [2.45, 2.75) is 41.0 Å². The Bertz CT molecular complexity index is 330. The Morgan fingerprint density at radius 2 is 2.00 bits per heavy atom. The molecule has 0 aliphatic carbocycles. The monoisotopic (exact) mass is 255 g/mol. The van der Waals surface area contributed by atoms with Crippen LogP contribution in [0.25, 0.3) is 0 Å². The number of aliphatic hydroxyl groups is 1. The van der Waals surface area contributed by atoms with Crippen molar-refractivity contribution in [3.63, 3.8) is 0 Å². The van der Waals surface area contributed by atoms with Gasteiger partial charge in [0.15, 0.2) is 0 Å². The number of rotatable bonds is 5. The number of carbonyl (C=O) groups is 1. The summed E-state index contributed by atoms with van der Waals surface area (Å²) in [4.78, 5) is 14.9. The first-order chi connectivity index (χ1) is 8.43. The molecular weight excluding hydrogens is 230 g/mol. The van der Waals surface area contributed by atoms with Gasteiger partial charge >= 0.3 is 5.97 Å². The lowest BCUT2D eigenvalue weighted by Crippen LogP contribution is -2.11. The van der Waals surface area contributed by atoms with Gasteiger partial charge in [0.2, 0.25) is 5.88 Å². The highest BCUT2D eigenvalue weighted by molar-refractivity contribution is 5.70. The third kappa shape index (κ3) is 6.89. The minimum absolute atomic E-state index is 0.0913. The van der Waals surface area contributed by atoms with Crippen LogP contribution in [0, 0.1) is 5.92 Å². The maximum atomic E-state index is 11.1. The van der Waals surface area contributed by atoms with E-state index in [0.717, 1.165) is 0 Å². The molecule has 0 bridgehead atoms. The van der Waals surface area contributed by atoms with Crippen molar-refractivity contribution in [2.75, 3.05) is 7.11 Å². The molecule has 0 saturated carbocycles. The summed E-state index contributed by atoms with van der Waals surface area (Å²) in [5.41, 5.74) is 1.28. The van der Waals surface area contributed by atoms with Gasteiger partial charge in [-0.25, -0.2) is 4.99 Å². The van der Waals surface area contributed by atoms with E-state index in [4.69, 9.17) is 0 Å². The maximum absolute atomic E-state index is 11.1. The van der Waals surface area contributed by atoms with Crippen molar-refractivity contribution in [3.8, 4) is 0 Å². The van der Waals surface area contributed by atoms with E-state index in [-0.39, 0.29) is 24.2 Å². The molecule has 0 aromatic rings. The van der Waals surface area contributed by atoms with E-state index in [1.54, 1.807) is 13.8 Å². The molecule has 0 aliphatic rings. The van der Waals surface area contributed by atoms with Gasteiger partial charge in [0, 0.05) is 11.8 Å². The third-order valence-electron chi connectivity index (χ3n) is 2.15. The first-order valence-electron chi connectivity index (χ1n) is 6.08. The second-order valence-electron chi connectivity index (χ2n) is 3.59. The average molecular weight is 255 g/mol. The molecule has 4 nitrogen and oxygen atoms in total. The molecule has 0 amide bonds. The van der Waals surface area contributed by atoms with E-state index in [1.165, 1.54) is 13.3 Å². The summed E-state index contributed by atoms with van der Waals surface area (Å²) in [5, 5.41) is 9.70. The van der Waals surface area contributed by atoms with Crippen LogP contribution in [0.1, 0.15) is 41.0 Å². The van der Waals surface area contributed by atoms with Crippen molar-refractivity contribution in [1.82, 2.24) is 0 Å². The Hall–Kier alpha value is -1.58. The fraction of sp³-hybridized carbons (Fsp3) is 0.571. The van der Waals surface area contributed by atoms with Crippen LogP contribution in [0.5, 0.6) is 0 Å². The molecule has 4 heteroatoms. The molecule has 1 atom stereocenters. The fourth-order valence-corrected chi connectivity index (χ4v) is 1.46. The van der Waals surface area contributed by atoms with Crippen LogP contribution in [0.4, 0.5) is 0 Å². The molecule has 0 fully saturated rings. The van der Waals surface area contributed by atoms with Crippen LogP contribution >= 0.6 is 0 Å². The molecule has 0 saturated heterocycles. The maximum Gasteiger partial charge on any atom is 0.306 e. The van der Waals surface area contributed by atoms with Gasteiger partial charge in [0.1, 0.15) is 0 Å². The molecule has 0 aromatic heterocycles. The van der Waals surface area contributed by atoms with Gasteiger partial charge < -0.3 is 9.84 Å². The van der Waals surface area contributed by atoms with E-state index in [2.05, 4.69) is 16.3 Å². The van der Waals surface area contributed by atoms with E-state index in [0.29, 0.717) is 11.1 Å². The summed E-state index contributed by atoms with van der Waals surface area (Å²) in [6, 6.07) is 0. The molecule has 0 heterocycles. The summed E-state index contributed by atoms with van der Waals surface area (Å²) in [6.45, 7) is 13.1. The highest BCUT2D eigenvalue weighted by Gasteiger charge is 2.18. The molecule has 18 heavy (non-hydrogen) atoms. The third-order valence-corrected chi connectivity index (χ3v) is 2.15. The smallest absolute Gasteiger partial charge is 0.306 e. The number of methoxy groups -OCH3 is 1. The van der Waals surface area contributed by atoms with Crippen LogP contribution in [0.3, 0.4) is 0 Å². The summed E-state index contributed by atoms with van der Waals surface area (Å²) in [6.07, 6.45) is 1.69. The normalized spacial score (nSPS) is 13.2. The summed E-state index contributed by atoms with van der Waals surface area (Å²) in [7, 11) is 1.34. The number of ether oxygens (including phenoxy) is 1. The Labute approximate surface area is 110 Å². The molecule has 0 rings (SSSR count). The van der Waals surface area contributed by atoms with Gasteiger partial charge in [-0.3, -0.25) is 4.79 Å². The average Bonchev–Trinajstić information content (AvgIpc) is 2.31. The predicted molar refractivity (Wildman–Crippen MR) is 75.8 cm³/mol. The largest absolute Gasteiger partial charge is 0.493 e. The number of allylic oxidation sites excluding steroid dienone is 2. The van der Waals surface area contributed by atoms with Crippen LogP contribution in [0.15, 0.2) is 28.6 Å². The Balaban J connectivity index is 0. The number of hydrogen-bond acceptors (Lipinski definition) is 4. The number of hydrogen-bond donors (Lipinski definition) is 1. The van der Waals surface area contributed by atoms with Crippen LogP contribution in [-0.2, 0) is 9.53 Å². The van der Waals surface area contributed by atoms with Crippen molar-refractivity contribution >= 4 is 12.2 Å². The zero-order valence-electron chi connectivity index (χ0n) is 12.3. The van der Waals surface area contributed by atoms with Gasteiger partial charge in [-0.1, -0.05) is 27.4 Å². The molecule has 0 aliphatic heterocycles. The molecule has 0 spiro atoms. The lowest BCUT2D eigenvalue weighted by molar-refractivity contribution is -0.141. The van der Waals surface area contributed by atoms with Crippen LogP contribution in [0.2, 0.25) is 0 Å². The zero-order chi connectivity index (χ0) is 14.7. The summed E-state index contributed by atoms with van der Waals surface area (Å²) >= 11 is 0. The standard InChI is InChI=1S/C12H19NO3.C2H6/c1-6-13-12(15)11(8(2)3)9(4)7-10(14)16-5;1-2/h6,9,15H,2,7H2,1,3-5H3;1-2H3/b12-11-,13-6-;/t9-;/m1./s1. The second kappa shape index (κ2) is 10.6. The van der Waals surface area contributed by atoms with Gasteiger partial charge in [0.05, 0.1) is 13.5 Å². The Morgan fingerprint density at radius 3 is 2.33 bits per heavy atom. The molecule has 0 aromatic carbocycles. The highest BCUT2D eigenvalue weighted by Crippen LogP contribution is 2.24. The molecular formula is C14H25NO3. The van der Waals surface area contributed by atoms with Gasteiger partial charge in [-0.2, -0.15) is 0 Å². The van der Waals surface area contributed by atoms with E-state index >= 15 is 0 Å². The van der Waals surface area contributed by atoms with Crippen molar-refractivity contribution in [2.24, 2.45) is 10.9 Å². The van der Waals surface area contributed by atoms with Gasteiger partial charge in [-0.15, -0.1) is 0 Å². The van der Waals surface area contributed by atoms with E-state index in [9.17, 15) is 9.90 Å². The minimum Gasteiger partial charge on any atom is -0.493 e. The topological polar surface area (TPSA) is 58.9 Å². The number of aliphatic hydroxyl groups excluding tert-OH is 1. The highest BCUT2D eigenvalue weighted by atomic mass is 16.5. The predicted octanol–water partition coefficient (Wildman–Crippen LogP) is 3.65. The number of nitrogens with zero attached hydrogens (tertiary/aromatic N) is 1. The first-order valence-corrected chi connectivity index (χ1v) is 6.08. The van der Waals surface area contributed by atoms with Crippen LogP contribution < -0.4 is 0 Å². The van der Waals surface area contributed by atoms with E-state index < -0.39 is 0 Å². The molecule has 0 unspecified atom stereocenters. The Kier molecular flexibility index (Phi) is 11.0. The Morgan fingerprint density at radius 1 is 1.50 bits per heavy atom. The lowest BCUT2D eigenvalue weighted by atomic mass is 9.93. The number of esters is 1. The minimum atomic E-state index is -0.320. The molecule has 104 valence electrons. The first kappa shape index (κ1) is 18.8. The quantitative estimate of drug-likeness (QED) is 0.353. The number of aliphatic imine (C=N–C) groups is 1. The van der Waals surface area contributed by atoms with Crippen molar-refractivity contribution in [3.05, 3.63) is 23.6 Å².